The minimum Gasteiger partial charge on any atom is -0.484 e. The minimum absolute atomic E-state index is 0.133. The second kappa shape index (κ2) is 8.91. The molecule has 1 amide bonds. The molecule has 3 aromatic rings. The lowest BCUT2D eigenvalue weighted by atomic mass is 10.00. The van der Waals surface area contributed by atoms with E-state index in [1.165, 1.54) is 0 Å². The molecule has 2 N–H and O–H groups in total. The standard InChI is InChI=1S/C23H22ClNO3/c1-15-8-10-19(12-16(15)2)28-14-22(26)25-21-11-9-18(24)13-20(21)23(27)17-6-4-3-5-7-17/h3-13,23,27H,14H2,1-2H3,(H,25,26)/t23-/m0/s1. The third-order valence-electron chi connectivity index (χ3n) is 4.55. The predicted molar refractivity (Wildman–Crippen MR) is 112 cm³/mol. The molecule has 0 saturated carbocycles. The van der Waals surface area contributed by atoms with Gasteiger partial charge < -0.3 is 15.2 Å². The Kier molecular flexibility index (Phi) is 6.34. The highest BCUT2D eigenvalue weighted by Crippen LogP contribution is 2.31. The highest BCUT2D eigenvalue weighted by atomic mass is 35.5. The Labute approximate surface area is 169 Å². The molecule has 0 spiro atoms. The largest absolute Gasteiger partial charge is 0.484 e. The molecule has 4 nitrogen and oxygen atoms in total. The van der Waals surface area contributed by atoms with E-state index in [0.717, 1.165) is 11.1 Å². The van der Waals surface area contributed by atoms with Gasteiger partial charge in [0.2, 0.25) is 0 Å². The summed E-state index contributed by atoms with van der Waals surface area (Å²) in [7, 11) is 0. The van der Waals surface area contributed by atoms with Crippen molar-refractivity contribution in [1.29, 1.82) is 0 Å². The average Bonchev–Trinajstić information content (AvgIpc) is 2.70. The van der Waals surface area contributed by atoms with E-state index in [2.05, 4.69) is 5.32 Å². The third-order valence-corrected chi connectivity index (χ3v) is 4.78. The molecule has 3 aromatic carbocycles. The zero-order valence-corrected chi connectivity index (χ0v) is 16.5. The van der Waals surface area contributed by atoms with E-state index >= 15 is 0 Å². The second-order valence-corrected chi connectivity index (χ2v) is 7.06. The van der Waals surface area contributed by atoms with Crippen LogP contribution in [-0.2, 0) is 4.79 Å². The van der Waals surface area contributed by atoms with Gasteiger partial charge in [0.25, 0.3) is 5.91 Å². The summed E-state index contributed by atoms with van der Waals surface area (Å²) >= 11 is 6.11. The zero-order chi connectivity index (χ0) is 20.1. The van der Waals surface area contributed by atoms with Crippen LogP contribution in [0.4, 0.5) is 5.69 Å². The summed E-state index contributed by atoms with van der Waals surface area (Å²) in [6, 6.07) is 19.9. The summed E-state index contributed by atoms with van der Waals surface area (Å²) in [5.74, 6) is 0.320. The lowest BCUT2D eigenvalue weighted by Gasteiger charge is -2.17. The number of aryl methyl sites for hydroxylation is 2. The van der Waals surface area contributed by atoms with Gasteiger partial charge in [0.1, 0.15) is 11.9 Å². The number of nitrogens with one attached hydrogen (secondary N) is 1. The van der Waals surface area contributed by atoms with Crippen LogP contribution in [0.25, 0.3) is 0 Å². The van der Waals surface area contributed by atoms with Crippen molar-refractivity contribution < 1.29 is 14.6 Å². The molecule has 0 heterocycles. The van der Waals surface area contributed by atoms with Crippen LogP contribution in [0.2, 0.25) is 5.02 Å². The van der Waals surface area contributed by atoms with Crippen LogP contribution >= 0.6 is 11.6 Å². The fraction of sp³-hybridized carbons (Fsp3) is 0.174. The summed E-state index contributed by atoms with van der Waals surface area (Å²) < 4.78 is 5.58. The molecule has 0 aliphatic rings. The van der Waals surface area contributed by atoms with Gasteiger partial charge in [0, 0.05) is 16.3 Å². The van der Waals surface area contributed by atoms with E-state index in [9.17, 15) is 9.90 Å². The number of aliphatic hydroxyl groups is 1. The lowest BCUT2D eigenvalue weighted by molar-refractivity contribution is -0.118. The van der Waals surface area contributed by atoms with Crippen LogP contribution in [0.5, 0.6) is 5.75 Å². The van der Waals surface area contributed by atoms with Crippen molar-refractivity contribution in [1.82, 2.24) is 0 Å². The van der Waals surface area contributed by atoms with Crippen molar-refractivity contribution in [3.05, 3.63) is 94.0 Å². The number of ether oxygens (including phenoxy) is 1. The molecular formula is C23H22ClNO3. The van der Waals surface area contributed by atoms with E-state index in [1.54, 1.807) is 18.2 Å². The molecule has 0 unspecified atom stereocenters. The van der Waals surface area contributed by atoms with Crippen molar-refractivity contribution in [2.45, 2.75) is 20.0 Å². The van der Waals surface area contributed by atoms with Gasteiger partial charge in [0.05, 0.1) is 0 Å². The number of amides is 1. The van der Waals surface area contributed by atoms with Gasteiger partial charge in [-0.1, -0.05) is 48.0 Å². The van der Waals surface area contributed by atoms with Crippen molar-refractivity contribution >= 4 is 23.2 Å². The molecule has 0 radical (unpaired) electrons. The zero-order valence-electron chi connectivity index (χ0n) is 15.8. The van der Waals surface area contributed by atoms with Crippen LogP contribution < -0.4 is 10.1 Å². The number of halogens is 1. The number of carbonyl (C=O) groups is 1. The smallest absolute Gasteiger partial charge is 0.262 e. The molecule has 0 fully saturated rings. The van der Waals surface area contributed by atoms with Crippen molar-refractivity contribution in [2.75, 3.05) is 11.9 Å². The fourth-order valence-corrected chi connectivity index (χ4v) is 3.01. The van der Waals surface area contributed by atoms with Crippen LogP contribution in [0.1, 0.15) is 28.4 Å². The number of rotatable bonds is 6. The van der Waals surface area contributed by atoms with Crippen LogP contribution in [0.3, 0.4) is 0 Å². The van der Waals surface area contributed by atoms with Gasteiger partial charge in [-0.05, 0) is 60.9 Å². The Balaban J connectivity index is 1.72. The van der Waals surface area contributed by atoms with Crippen LogP contribution in [-0.4, -0.2) is 17.6 Å². The SMILES string of the molecule is Cc1ccc(OCC(=O)Nc2ccc(Cl)cc2[C@@H](O)c2ccccc2)cc1C. The maximum atomic E-state index is 12.4. The first kappa shape index (κ1) is 19.9. The highest BCUT2D eigenvalue weighted by Gasteiger charge is 2.17. The Morgan fingerprint density at radius 1 is 1.04 bits per heavy atom. The second-order valence-electron chi connectivity index (χ2n) is 6.63. The molecule has 0 aliphatic carbocycles. The molecule has 0 bridgehead atoms. The maximum absolute atomic E-state index is 12.4. The summed E-state index contributed by atoms with van der Waals surface area (Å²) in [6.45, 7) is 3.88. The number of carbonyl (C=O) groups excluding carboxylic acids is 1. The Morgan fingerprint density at radius 2 is 1.79 bits per heavy atom. The first-order valence-electron chi connectivity index (χ1n) is 8.96. The van der Waals surface area contributed by atoms with Gasteiger partial charge in [-0.3, -0.25) is 4.79 Å². The molecular weight excluding hydrogens is 374 g/mol. The van der Waals surface area contributed by atoms with E-state index in [0.29, 0.717) is 27.6 Å². The van der Waals surface area contributed by atoms with Crippen molar-refractivity contribution in [2.24, 2.45) is 0 Å². The molecule has 28 heavy (non-hydrogen) atoms. The van der Waals surface area contributed by atoms with Gasteiger partial charge in [-0.2, -0.15) is 0 Å². The number of benzene rings is 3. The molecule has 5 heteroatoms. The topological polar surface area (TPSA) is 58.6 Å². The molecule has 0 saturated heterocycles. The molecule has 0 aromatic heterocycles. The van der Waals surface area contributed by atoms with E-state index in [4.69, 9.17) is 16.3 Å². The molecule has 3 rings (SSSR count). The van der Waals surface area contributed by atoms with Crippen LogP contribution in [0, 0.1) is 13.8 Å². The summed E-state index contributed by atoms with van der Waals surface area (Å²) in [6.07, 6.45) is -0.907. The highest BCUT2D eigenvalue weighted by molar-refractivity contribution is 6.30. The quantitative estimate of drug-likeness (QED) is 0.613. The van der Waals surface area contributed by atoms with E-state index in [1.807, 2.05) is 62.4 Å². The Morgan fingerprint density at radius 3 is 2.50 bits per heavy atom. The van der Waals surface area contributed by atoms with Gasteiger partial charge in [0.15, 0.2) is 6.61 Å². The van der Waals surface area contributed by atoms with Gasteiger partial charge >= 0.3 is 0 Å². The monoisotopic (exact) mass is 395 g/mol. The van der Waals surface area contributed by atoms with Crippen molar-refractivity contribution in [3.63, 3.8) is 0 Å². The summed E-state index contributed by atoms with van der Waals surface area (Å²) in [5.41, 5.74) is 4.00. The molecule has 144 valence electrons. The summed E-state index contributed by atoms with van der Waals surface area (Å²) in [5, 5.41) is 14.0. The number of hydrogen-bond donors (Lipinski definition) is 2. The minimum atomic E-state index is -0.907. The molecule has 1 atom stereocenters. The first-order chi connectivity index (χ1) is 13.4. The average molecular weight is 396 g/mol. The first-order valence-corrected chi connectivity index (χ1v) is 9.34. The van der Waals surface area contributed by atoms with E-state index < -0.39 is 6.10 Å². The number of hydrogen-bond acceptors (Lipinski definition) is 3. The Hall–Kier alpha value is -2.82. The fourth-order valence-electron chi connectivity index (χ4n) is 2.83. The predicted octanol–water partition coefficient (Wildman–Crippen LogP) is 5.06. The maximum Gasteiger partial charge on any atom is 0.262 e. The number of anilines is 1. The van der Waals surface area contributed by atoms with Crippen LogP contribution in [0.15, 0.2) is 66.7 Å². The van der Waals surface area contributed by atoms with Gasteiger partial charge in [-0.25, -0.2) is 0 Å². The normalized spacial score (nSPS) is 11.7. The van der Waals surface area contributed by atoms with Crippen molar-refractivity contribution in [3.8, 4) is 5.75 Å². The molecule has 0 aliphatic heterocycles. The lowest BCUT2D eigenvalue weighted by Crippen LogP contribution is -2.21. The van der Waals surface area contributed by atoms with E-state index in [-0.39, 0.29) is 12.5 Å². The Bertz CT molecular complexity index is 973. The summed E-state index contributed by atoms with van der Waals surface area (Å²) in [4.78, 5) is 12.4. The van der Waals surface area contributed by atoms with Gasteiger partial charge in [-0.15, -0.1) is 0 Å². The number of aliphatic hydroxyl groups excluding tert-OH is 1. The third kappa shape index (κ3) is 4.91.